The van der Waals surface area contributed by atoms with Crippen LogP contribution in [0.1, 0.15) is 10.4 Å². The Morgan fingerprint density at radius 2 is 1.77 bits per heavy atom. The molecule has 0 aliphatic carbocycles. The minimum atomic E-state index is -0.661. The van der Waals surface area contributed by atoms with E-state index in [1.807, 2.05) is 0 Å². The Morgan fingerprint density at radius 1 is 1.00 bits per heavy atom. The van der Waals surface area contributed by atoms with Crippen LogP contribution >= 0.6 is 34.8 Å². The molecule has 1 N–H and O–H groups in total. The van der Waals surface area contributed by atoms with Crippen molar-refractivity contribution in [2.45, 2.75) is 0 Å². The fraction of sp³-hybridized carbons (Fsp3) is 0. The van der Waals surface area contributed by atoms with Crippen LogP contribution in [0.2, 0.25) is 15.1 Å². The number of hydrogen-bond donors (Lipinski definition) is 1. The van der Waals surface area contributed by atoms with Gasteiger partial charge in [-0.2, -0.15) is 0 Å². The van der Waals surface area contributed by atoms with Crippen LogP contribution in [0, 0.1) is 10.1 Å². The van der Waals surface area contributed by atoms with Crippen LogP contribution in [-0.4, -0.2) is 15.8 Å². The lowest BCUT2D eigenvalue weighted by Crippen LogP contribution is -2.12. The van der Waals surface area contributed by atoms with Crippen molar-refractivity contribution in [3.05, 3.63) is 85.3 Å². The first-order valence-electron chi connectivity index (χ1n) is 8.43. The van der Waals surface area contributed by atoms with E-state index in [4.69, 9.17) is 39.2 Å². The molecule has 10 heteroatoms. The number of aromatic nitrogens is 1. The average Bonchev–Trinajstić information content (AvgIpc) is 3.12. The molecule has 1 amide bonds. The second-order valence-corrected chi connectivity index (χ2v) is 7.45. The lowest BCUT2D eigenvalue weighted by Gasteiger charge is -2.09. The van der Waals surface area contributed by atoms with Crippen molar-refractivity contribution in [2.24, 2.45) is 0 Å². The molecule has 30 heavy (non-hydrogen) atoms. The number of nitrogens with one attached hydrogen (secondary N) is 1. The highest BCUT2D eigenvalue weighted by molar-refractivity contribution is 6.34. The monoisotopic (exact) mass is 461 g/mol. The Kier molecular flexibility index (Phi) is 5.34. The maximum Gasteiger partial charge on any atom is 0.288 e. The van der Waals surface area contributed by atoms with Gasteiger partial charge in [0.05, 0.1) is 15.6 Å². The maximum atomic E-state index is 12.6. The normalized spacial score (nSPS) is 10.9. The molecule has 0 unspecified atom stereocenters. The summed E-state index contributed by atoms with van der Waals surface area (Å²) >= 11 is 18.0. The van der Waals surface area contributed by atoms with Gasteiger partial charge in [0, 0.05) is 22.2 Å². The van der Waals surface area contributed by atoms with Gasteiger partial charge in [-0.3, -0.25) is 14.9 Å². The summed E-state index contributed by atoms with van der Waals surface area (Å²) in [6.07, 6.45) is 0. The number of fused-ring (bicyclic) bond motifs is 1. The van der Waals surface area contributed by atoms with Crippen LogP contribution in [0.5, 0.6) is 0 Å². The molecule has 150 valence electrons. The summed E-state index contributed by atoms with van der Waals surface area (Å²) < 4.78 is 5.73. The van der Waals surface area contributed by atoms with Crippen molar-refractivity contribution in [2.75, 3.05) is 5.32 Å². The third-order valence-electron chi connectivity index (χ3n) is 4.22. The Balaban J connectivity index is 1.65. The molecule has 0 saturated heterocycles. The highest BCUT2D eigenvalue weighted by atomic mass is 35.5. The van der Waals surface area contributed by atoms with E-state index in [9.17, 15) is 14.9 Å². The van der Waals surface area contributed by atoms with Gasteiger partial charge in [-0.1, -0.05) is 34.8 Å². The van der Waals surface area contributed by atoms with Crippen LogP contribution in [0.3, 0.4) is 0 Å². The molecule has 0 spiro atoms. The van der Waals surface area contributed by atoms with Crippen LogP contribution < -0.4 is 5.32 Å². The number of amides is 1. The number of nitrogens with zero attached hydrogens (tertiary/aromatic N) is 2. The number of nitro benzene ring substituents is 1. The van der Waals surface area contributed by atoms with Gasteiger partial charge in [0.25, 0.3) is 11.6 Å². The van der Waals surface area contributed by atoms with E-state index < -0.39 is 10.8 Å². The topological polar surface area (TPSA) is 98.3 Å². The van der Waals surface area contributed by atoms with Gasteiger partial charge in [-0.25, -0.2) is 4.98 Å². The van der Waals surface area contributed by atoms with Crippen molar-refractivity contribution in [3.8, 4) is 11.5 Å². The smallest absolute Gasteiger partial charge is 0.288 e. The lowest BCUT2D eigenvalue weighted by molar-refractivity contribution is -0.384. The molecule has 0 atom stereocenters. The Hall–Kier alpha value is -3.13. The lowest BCUT2D eigenvalue weighted by atomic mass is 10.1. The van der Waals surface area contributed by atoms with Gasteiger partial charge in [-0.15, -0.1) is 0 Å². The van der Waals surface area contributed by atoms with Crippen LogP contribution in [0.4, 0.5) is 11.4 Å². The van der Waals surface area contributed by atoms with Crippen molar-refractivity contribution in [1.82, 2.24) is 4.98 Å². The zero-order valence-corrected chi connectivity index (χ0v) is 17.1. The first kappa shape index (κ1) is 20.2. The van der Waals surface area contributed by atoms with Gasteiger partial charge in [0.15, 0.2) is 5.58 Å². The largest absolute Gasteiger partial charge is 0.436 e. The van der Waals surface area contributed by atoms with E-state index in [0.717, 1.165) is 6.07 Å². The van der Waals surface area contributed by atoms with Gasteiger partial charge < -0.3 is 9.73 Å². The van der Waals surface area contributed by atoms with E-state index in [1.165, 1.54) is 12.1 Å². The van der Waals surface area contributed by atoms with Crippen molar-refractivity contribution < 1.29 is 14.1 Å². The molecule has 0 fully saturated rings. The predicted molar refractivity (Wildman–Crippen MR) is 116 cm³/mol. The molecule has 0 bridgehead atoms. The van der Waals surface area contributed by atoms with Crippen molar-refractivity contribution in [3.63, 3.8) is 0 Å². The Labute approximate surface area is 184 Å². The number of carbonyl (C=O) groups is 1. The van der Waals surface area contributed by atoms with Gasteiger partial charge in [0.2, 0.25) is 5.89 Å². The van der Waals surface area contributed by atoms with Crippen LogP contribution in [0.15, 0.2) is 59.0 Å². The summed E-state index contributed by atoms with van der Waals surface area (Å²) in [5.74, 6) is -0.264. The molecule has 7 nitrogen and oxygen atoms in total. The predicted octanol–water partition coefficient (Wildman–Crippen LogP) is 6.62. The zero-order valence-electron chi connectivity index (χ0n) is 14.9. The SMILES string of the molecule is O=C(Nc1cc(-c2nc3cc(Cl)ccc3o2)ccc1Cl)c1ccc(Cl)c([N+](=O)[O-])c1. The second kappa shape index (κ2) is 7.95. The highest BCUT2D eigenvalue weighted by Gasteiger charge is 2.18. The minimum Gasteiger partial charge on any atom is -0.436 e. The molecule has 4 aromatic rings. The molecule has 0 saturated carbocycles. The highest BCUT2D eigenvalue weighted by Crippen LogP contribution is 2.32. The molecule has 0 aliphatic rings. The first-order chi connectivity index (χ1) is 14.3. The number of nitro groups is 1. The number of rotatable bonds is 4. The Bertz CT molecular complexity index is 1320. The second-order valence-electron chi connectivity index (χ2n) is 6.20. The quantitative estimate of drug-likeness (QED) is 0.271. The fourth-order valence-corrected chi connectivity index (χ4v) is 3.28. The van der Waals surface area contributed by atoms with E-state index in [-0.39, 0.29) is 27.0 Å². The summed E-state index contributed by atoms with van der Waals surface area (Å²) in [7, 11) is 0. The molecule has 1 aromatic heterocycles. The van der Waals surface area contributed by atoms with Gasteiger partial charge in [-0.05, 0) is 48.5 Å². The maximum absolute atomic E-state index is 12.6. The summed E-state index contributed by atoms with van der Waals surface area (Å²) in [6.45, 7) is 0. The van der Waals surface area contributed by atoms with E-state index in [2.05, 4.69) is 10.3 Å². The number of carbonyl (C=O) groups excluding carboxylic acids is 1. The molecule has 0 aliphatic heterocycles. The summed E-state index contributed by atoms with van der Waals surface area (Å²) in [6, 6.07) is 13.7. The van der Waals surface area contributed by atoms with Crippen LogP contribution in [-0.2, 0) is 0 Å². The minimum absolute atomic E-state index is 0.0593. The van der Waals surface area contributed by atoms with Crippen molar-refractivity contribution >= 4 is 63.2 Å². The van der Waals surface area contributed by atoms with Gasteiger partial charge >= 0.3 is 0 Å². The van der Waals surface area contributed by atoms with E-state index in [0.29, 0.717) is 27.6 Å². The van der Waals surface area contributed by atoms with E-state index in [1.54, 1.807) is 36.4 Å². The van der Waals surface area contributed by atoms with Crippen molar-refractivity contribution in [1.29, 1.82) is 0 Å². The average molecular weight is 463 g/mol. The third kappa shape index (κ3) is 3.95. The number of oxazole rings is 1. The molecule has 4 rings (SSSR count). The Morgan fingerprint density at radius 3 is 2.53 bits per heavy atom. The standard InChI is InChI=1S/C20H10Cl3N3O4/c21-12-3-6-18-16(9-12)25-20(30-18)11-2-4-13(22)15(7-11)24-19(27)10-1-5-14(23)17(8-10)26(28)29/h1-9H,(H,24,27). The summed E-state index contributed by atoms with van der Waals surface area (Å²) in [4.78, 5) is 27.4. The first-order valence-corrected chi connectivity index (χ1v) is 9.56. The van der Waals surface area contributed by atoms with Gasteiger partial charge in [0.1, 0.15) is 10.5 Å². The number of benzene rings is 3. The molecule has 1 heterocycles. The van der Waals surface area contributed by atoms with Crippen LogP contribution in [0.25, 0.3) is 22.6 Å². The fourth-order valence-electron chi connectivity index (χ4n) is 2.77. The number of halogens is 3. The zero-order chi connectivity index (χ0) is 21.4. The summed E-state index contributed by atoms with van der Waals surface area (Å²) in [5.41, 5.74) is 1.70. The van der Waals surface area contributed by atoms with E-state index >= 15 is 0 Å². The number of anilines is 1. The number of hydrogen-bond acceptors (Lipinski definition) is 5. The molecular weight excluding hydrogens is 453 g/mol. The molecular formula is C20H10Cl3N3O4. The third-order valence-corrected chi connectivity index (χ3v) is 5.10. The molecule has 3 aromatic carbocycles. The molecule has 0 radical (unpaired) electrons. The summed E-state index contributed by atoms with van der Waals surface area (Å²) in [5, 5.41) is 14.4.